The van der Waals surface area contributed by atoms with Crippen molar-refractivity contribution in [1.29, 1.82) is 5.26 Å². The molecule has 55 heavy (non-hydrogen) atoms. The van der Waals surface area contributed by atoms with Crippen molar-refractivity contribution in [1.82, 2.24) is 39.0 Å². The zero-order valence-electron chi connectivity index (χ0n) is 29.1. The van der Waals surface area contributed by atoms with E-state index in [2.05, 4.69) is 40.5 Å². The first-order chi connectivity index (χ1) is 26.7. The number of aromatic nitrogens is 8. The number of nitrogens with zero attached hydrogens (tertiary/aromatic N) is 9. The number of nitriles is 1. The standard InChI is InChI=1S/C19H14FN7.C19H15FN6O2/c1-11-23-14-4-2-3-5-15(14)27(11)19-25-17(22)16(20)18(26-19)24-13-8-6-12(10-21)7-9-13;1-10-22-12-4-2-3-5-13(12)26(10)19-24-17(21)16(20)18(25-19)23-11-6-7-14-15(8-11)28-9-27-14/h2-9H,1H3,(H3,22,24,25,26);2-8H,9H2,1H3,(H3,21,23,24,25). The molecule has 0 aliphatic carbocycles. The number of hydrogen-bond acceptors (Lipinski definition) is 13. The molecule has 4 aromatic carbocycles. The summed E-state index contributed by atoms with van der Waals surface area (Å²) in [5.41, 5.74) is 16.4. The molecule has 0 fully saturated rings. The highest BCUT2D eigenvalue weighted by Crippen LogP contribution is 2.36. The normalized spacial score (nSPS) is 11.6. The SMILES string of the molecule is Cc1nc2ccccc2n1-c1nc(N)c(F)c(Nc2ccc(C#N)cc2)n1.Cc1nc2ccccc2n1-c1nc(N)c(F)c(Nc2ccc3c(c2)OCO3)n1. The minimum absolute atomic E-state index is 0.0430. The Hall–Kier alpha value is -7.87. The summed E-state index contributed by atoms with van der Waals surface area (Å²) in [6.45, 7) is 3.80. The maximum Gasteiger partial charge on any atom is 0.239 e. The number of aryl methyl sites for hydroxylation is 2. The van der Waals surface area contributed by atoms with Crippen molar-refractivity contribution in [3.63, 3.8) is 0 Å². The first-order valence-corrected chi connectivity index (χ1v) is 16.7. The number of nitrogen functional groups attached to an aromatic ring is 2. The van der Waals surface area contributed by atoms with Crippen molar-refractivity contribution in [2.24, 2.45) is 0 Å². The lowest BCUT2D eigenvalue weighted by Gasteiger charge is -2.12. The number of imidazole rings is 2. The van der Waals surface area contributed by atoms with Gasteiger partial charge in [-0.15, -0.1) is 0 Å². The summed E-state index contributed by atoms with van der Waals surface area (Å²) in [4.78, 5) is 25.8. The Labute approximate surface area is 310 Å². The first-order valence-electron chi connectivity index (χ1n) is 16.7. The molecule has 4 aromatic heterocycles. The van der Waals surface area contributed by atoms with Crippen LogP contribution >= 0.6 is 0 Å². The number of nitrogens with two attached hydrogens (primary N) is 2. The average Bonchev–Trinajstić information content (AvgIpc) is 3.89. The van der Waals surface area contributed by atoms with E-state index in [1.54, 1.807) is 51.6 Å². The molecular formula is C38H29F2N13O2. The van der Waals surface area contributed by atoms with Gasteiger partial charge in [0.15, 0.2) is 34.8 Å². The molecule has 0 radical (unpaired) electrons. The second-order valence-electron chi connectivity index (χ2n) is 12.1. The zero-order valence-corrected chi connectivity index (χ0v) is 29.1. The predicted molar refractivity (Wildman–Crippen MR) is 202 cm³/mol. The van der Waals surface area contributed by atoms with Gasteiger partial charge >= 0.3 is 0 Å². The summed E-state index contributed by atoms with van der Waals surface area (Å²) in [5.74, 6) is 0.876. The van der Waals surface area contributed by atoms with Crippen LogP contribution in [0.1, 0.15) is 17.2 Å². The summed E-state index contributed by atoms with van der Waals surface area (Å²) in [6.07, 6.45) is 0. The maximum absolute atomic E-state index is 14.6. The zero-order chi connectivity index (χ0) is 38.2. The maximum atomic E-state index is 14.6. The van der Waals surface area contributed by atoms with Gasteiger partial charge in [0.2, 0.25) is 30.3 Å². The van der Waals surface area contributed by atoms with Crippen molar-refractivity contribution in [3.8, 4) is 29.5 Å². The van der Waals surface area contributed by atoms with Crippen molar-refractivity contribution in [3.05, 3.63) is 120 Å². The van der Waals surface area contributed by atoms with Crippen molar-refractivity contribution < 1.29 is 18.3 Å². The van der Waals surface area contributed by atoms with Gasteiger partial charge in [-0.1, -0.05) is 24.3 Å². The van der Waals surface area contributed by atoms with Gasteiger partial charge in [0.25, 0.3) is 0 Å². The number of nitrogens with one attached hydrogen (secondary N) is 2. The van der Waals surface area contributed by atoms with Crippen LogP contribution in [-0.2, 0) is 0 Å². The Morgan fingerprint density at radius 2 is 1.13 bits per heavy atom. The first kappa shape index (κ1) is 34.2. The molecule has 0 bridgehead atoms. The monoisotopic (exact) mass is 737 g/mol. The third kappa shape index (κ3) is 6.55. The fourth-order valence-corrected chi connectivity index (χ4v) is 5.94. The van der Waals surface area contributed by atoms with Crippen LogP contribution in [0.15, 0.2) is 91.0 Å². The van der Waals surface area contributed by atoms with E-state index in [4.69, 9.17) is 26.2 Å². The van der Waals surface area contributed by atoms with Crippen LogP contribution in [0, 0.1) is 36.8 Å². The second kappa shape index (κ2) is 13.9. The van der Waals surface area contributed by atoms with Crippen LogP contribution in [0.2, 0.25) is 0 Å². The van der Waals surface area contributed by atoms with Gasteiger partial charge in [0.05, 0.1) is 33.7 Å². The topological polar surface area (TPSA) is 206 Å². The van der Waals surface area contributed by atoms with Gasteiger partial charge in [-0.05, 0) is 74.5 Å². The molecular weight excluding hydrogens is 709 g/mol. The van der Waals surface area contributed by atoms with Crippen molar-refractivity contribution in [2.45, 2.75) is 13.8 Å². The number of para-hydroxylation sites is 4. The van der Waals surface area contributed by atoms with Gasteiger partial charge in [0.1, 0.15) is 11.6 Å². The van der Waals surface area contributed by atoms with Gasteiger partial charge in [-0.3, -0.25) is 9.13 Å². The Morgan fingerprint density at radius 3 is 1.67 bits per heavy atom. The van der Waals surface area contributed by atoms with E-state index < -0.39 is 11.6 Å². The summed E-state index contributed by atoms with van der Waals surface area (Å²) < 4.78 is 43.2. The van der Waals surface area contributed by atoms with Crippen molar-refractivity contribution in [2.75, 3.05) is 28.9 Å². The summed E-state index contributed by atoms with van der Waals surface area (Å²) >= 11 is 0. The van der Waals surface area contributed by atoms with E-state index in [1.165, 1.54) is 0 Å². The molecule has 0 amide bonds. The van der Waals surface area contributed by atoms with Gasteiger partial charge < -0.3 is 31.6 Å². The van der Waals surface area contributed by atoms with Crippen LogP contribution in [0.25, 0.3) is 34.0 Å². The Bertz CT molecular complexity index is 2800. The number of ether oxygens (including phenoxy) is 2. The smallest absolute Gasteiger partial charge is 0.239 e. The molecule has 1 aliphatic rings. The molecule has 1 aliphatic heterocycles. The largest absolute Gasteiger partial charge is 0.454 e. The number of rotatable bonds is 6. The highest BCUT2D eigenvalue weighted by Gasteiger charge is 2.20. The minimum Gasteiger partial charge on any atom is -0.454 e. The van der Waals surface area contributed by atoms with E-state index in [-0.39, 0.29) is 42.0 Å². The fourth-order valence-electron chi connectivity index (χ4n) is 5.94. The lowest BCUT2D eigenvalue weighted by Crippen LogP contribution is -2.10. The average molecular weight is 738 g/mol. The highest BCUT2D eigenvalue weighted by molar-refractivity contribution is 5.79. The number of anilines is 6. The molecule has 5 heterocycles. The summed E-state index contributed by atoms with van der Waals surface area (Å²) in [7, 11) is 0. The van der Waals surface area contributed by atoms with Crippen LogP contribution in [0.5, 0.6) is 11.5 Å². The van der Waals surface area contributed by atoms with E-state index >= 15 is 0 Å². The second-order valence-corrected chi connectivity index (χ2v) is 12.1. The molecule has 17 heteroatoms. The molecule has 9 rings (SSSR count). The van der Waals surface area contributed by atoms with Crippen molar-refractivity contribution >= 4 is 56.7 Å². The third-order valence-corrected chi connectivity index (χ3v) is 8.50. The van der Waals surface area contributed by atoms with Gasteiger partial charge in [0, 0.05) is 17.4 Å². The molecule has 0 spiro atoms. The number of fused-ring (bicyclic) bond motifs is 3. The lowest BCUT2D eigenvalue weighted by atomic mass is 10.2. The molecule has 272 valence electrons. The molecule has 6 N–H and O–H groups in total. The minimum atomic E-state index is -0.745. The highest BCUT2D eigenvalue weighted by atomic mass is 19.1. The fraction of sp³-hybridized carbons (Fsp3) is 0.0789. The molecule has 0 saturated carbocycles. The Morgan fingerprint density at radius 1 is 0.636 bits per heavy atom. The quantitative estimate of drug-likeness (QED) is 0.139. The van der Waals surface area contributed by atoms with Gasteiger partial charge in [-0.2, -0.15) is 34.0 Å². The number of hydrogen-bond donors (Lipinski definition) is 4. The predicted octanol–water partition coefficient (Wildman–Crippen LogP) is 6.78. The van der Waals surface area contributed by atoms with Crippen LogP contribution < -0.4 is 31.6 Å². The number of benzene rings is 4. The summed E-state index contributed by atoms with van der Waals surface area (Å²) in [5, 5.41) is 14.7. The Balaban J connectivity index is 0.000000155. The summed E-state index contributed by atoms with van der Waals surface area (Å²) in [6, 6.07) is 28.9. The van der Waals surface area contributed by atoms with Crippen LogP contribution in [-0.4, -0.2) is 45.8 Å². The Kier molecular flexibility index (Phi) is 8.67. The van der Waals surface area contributed by atoms with E-state index in [9.17, 15) is 8.78 Å². The van der Waals surface area contributed by atoms with Gasteiger partial charge in [-0.25, -0.2) is 9.97 Å². The van der Waals surface area contributed by atoms with Crippen LogP contribution in [0.4, 0.5) is 43.4 Å². The number of halogens is 2. The van der Waals surface area contributed by atoms with E-state index in [0.29, 0.717) is 40.1 Å². The molecule has 0 unspecified atom stereocenters. The van der Waals surface area contributed by atoms with E-state index in [0.717, 1.165) is 22.1 Å². The lowest BCUT2D eigenvalue weighted by molar-refractivity contribution is 0.174. The van der Waals surface area contributed by atoms with E-state index in [1.807, 2.05) is 68.4 Å². The van der Waals surface area contributed by atoms with Crippen LogP contribution in [0.3, 0.4) is 0 Å². The third-order valence-electron chi connectivity index (χ3n) is 8.50. The molecule has 15 nitrogen and oxygen atoms in total. The molecule has 8 aromatic rings. The molecule has 0 saturated heterocycles. The molecule has 0 atom stereocenters.